The quantitative estimate of drug-likeness (QED) is 0.238. The smallest absolute Gasteiger partial charge is 0.493 e. The summed E-state index contributed by atoms with van der Waals surface area (Å²) < 4.78 is 5.96. The van der Waals surface area contributed by atoms with Crippen molar-refractivity contribution in [3.8, 4) is 5.75 Å². The fourth-order valence-electron chi connectivity index (χ4n) is 2.87. The number of carbonyl (C=O) groups excluding carboxylic acids is 1. The topological polar surface area (TPSA) is 50.4 Å². The molecule has 0 aliphatic rings. The first-order valence-electron chi connectivity index (χ1n) is 9.90. The van der Waals surface area contributed by atoms with E-state index in [9.17, 15) is 4.79 Å². The Balaban J connectivity index is 0.000000674. The molecule has 0 aliphatic heterocycles. The van der Waals surface area contributed by atoms with Gasteiger partial charge >= 0.3 is 18.9 Å². The van der Waals surface area contributed by atoms with Crippen molar-refractivity contribution in [3.05, 3.63) is 86.1 Å². The van der Waals surface area contributed by atoms with Crippen LogP contribution in [0.2, 0.25) is 0 Å². The molecule has 0 aromatic heterocycles. The SMILES string of the molecule is O=[C-]Nc1ccc(CCCCOc2cccc3ccccc23)cc1.[CH2-]CNC[CH2-].[Li+]. The maximum absolute atomic E-state index is 10.3. The van der Waals surface area contributed by atoms with E-state index in [1.165, 1.54) is 10.9 Å². The van der Waals surface area contributed by atoms with Gasteiger partial charge in [0.15, 0.2) is 0 Å². The standard InChI is InChI=1S/C21H20NO2.C4H9N.Li/c23-16-22-19-13-11-17(12-14-19)6-3-4-15-24-21-10-5-8-18-7-1-2-9-20(18)21;1-3-5-4-2;/h1-2,5,7-14H,3-4,6,15H2,(H,22,23);5H,1-4H2;/q-1;-2;+1. The van der Waals surface area contributed by atoms with Crippen molar-refractivity contribution in [2.45, 2.75) is 19.3 Å². The summed E-state index contributed by atoms with van der Waals surface area (Å²) in [5.74, 6) is 0.952. The molecule has 154 valence electrons. The number of hydrogen-bond donors (Lipinski definition) is 2. The van der Waals surface area contributed by atoms with E-state index < -0.39 is 0 Å². The van der Waals surface area contributed by atoms with Gasteiger partial charge in [-0.2, -0.15) is 0 Å². The molecule has 0 atom stereocenters. The molecular weight excluding hydrogens is 367 g/mol. The predicted molar refractivity (Wildman–Crippen MR) is 122 cm³/mol. The Hall–Kier alpha value is -2.25. The van der Waals surface area contributed by atoms with Crippen molar-refractivity contribution < 1.29 is 28.4 Å². The van der Waals surface area contributed by atoms with Gasteiger partial charge in [-0.05, 0) is 30.7 Å². The van der Waals surface area contributed by atoms with Gasteiger partial charge in [0.2, 0.25) is 0 Å². The summed E-state index contributed by atoms with van der Waals surface area (Å²) in [5, 5.41) is 7.77. The number of unbranched alkanes of at least 4 members (excludes halogenated alkanes) is 1. The second-order valence-corrected chi connectivity index (χ2v) is 6.46. The predicted octanol–water partition coefficient (Wildman–Crippen LogP) is 1.97. The molecule has 30 heavy (non-hydrogen) atoms. The van der Waals surface area contributed by atoms with Crippen LogP contribution in [0.1, 0.15) is 18.4 Å². The average Bonchev–Trinajstić information content (AvgIpc) is 2.76. The molecule has 0 spiro atoms. The fourth-order valence-corrected chi connectivity index (χ4v) is 2.87. The number of nitrogens with one attached hydrogen (secondary N) is 2. The Morgan fingerprint density at radius 3 is 2.23 bits per heavy atom. The van der Waals surface area contributed by atoms with Crippen LogP contribution in [0.5, 0.6) is 5.75 Å². The van der Waals surface area contributed by atoms with E-state index in [2.05, 4.69) is 42.7 Å². The van der Waals surface area contributed by atoms with Crippen molar-refractivity contribution in [1.29, 1.82) is 0 Å². The summed E-state index contributed by atoms with van der Waals surface area (Å²) in [6.45, 7) is 9.33. The van der Waals surface area contributed by atoms with Gasteiger partial charge in [-0.25, -0.2) is 0 Å². The van der Waals surface area contributed by atoms with Gasteiger partial charge in [0.05, 0.1) is 13.0 Å². The third kappa shape index (κ3) is 9.05. The van der Waals surface area contributed by atoms with E-state index in [-0.39, 0.29) is 18.9 Å². The zero-order chi connectivity index (χ0) is 20.7. The Kier molecular flexibility index (Phi) is 13.4. The van der Waals surface area contributed by atoms with E-state index in [0.717, 1.165) is 49.2 Å². The van der Waals surface area contributed by atoms with E-state index in [1.54, 1.807) is 6.41 Å². The van der Waals surface area contributed by atoms with Crippen LogP contribution in [0.15, 0.2) is 66.7 Å². The maximum atomic E-state index is 10.3. The maximum Gasteiger partial charge on any atom is 1.00 e. The van der Waals surface area contributed by atoms with E-state index in [1.807, 2.05) is 48.5 Å². The monoisotopic (exact) mass is 396 g/mol. The number of aryl methyl sites for hydroxylation is 1. The first-order chi connectivity index (χ1) is 14.3. The second-order valence-electron chi connectivity index (χ2n) is 6.46. The Morgan fingerprint density at radius 2 is 1.57 bits per heavy atom. The zero-order valence-corrected chi connectivity index (χ0v) is 17.8. The summed E-state index contributed by atoms with van der Waals surface area (Å²) >= 11 is 0. The third-order valence-electron chi connectivity index (χ3n) is 4.37. The molecule has 3 aromatic carbocycles. The summed E-state index contributed by atoms with van der Waals surface area (Å²) in [4.78, 5) is 10.3. The van der Waals surface area contributed by atoms with Crippen LogP contribution in [0.3, 0.4) is 0 Å². The van der Waals surface area contributed by atoms with Crippen molar-refractivity contribution in [2.75, 3.05) is 25.0 Å². The number of hydrogen-bond acceptors (Lipinski definition) is 3. The molecule has 5 heteroatoms. The molecule has 1 amide bonds. The summed E-state index contributed by atoms with van der Waals surface area (Å²) in [5.41, 5.74) is 2.03. The van der Waals surface area contributed by atoms with Crippen molar-refractivity contribution in [1.82, 2.24) is 5.32 Å². The summed E-state index contributed by atoms with van der Waals surface area (Å²) in [6.07, 6.45) is 4.75. The number of rotatable bonds is 10. The molecule has 3 aromatic rings. The van der Waals surface area contributed by atoms with Gasteiger partial charge in [0, 0.05) is 5.39 Å². The van der Waals surface area contributed by atoms with Crippen LogP contribution in [0.25, 0.3) is 10.8 Å². The molecule has 3 rings (SSSR count). The molecule has 0 saturated carbocycles. The van der Waals surface area contributed by atoms with Crippen LogP contribution >= 0.6 is 0 Å². The molecule has 0 heterocycles. The van der Waals surface area contributed by atoms with Crippen LogP contribution in [-0.2, 0) is 11.2 Å². The minimum absolute atomic E-state index is 0. The molecule has 0 fully saturated rings. The van der Waals surface area contributed by atoms with Gasteiger partial charge < -0.3 is 34.0 Å². The summed E-state index contributed by atoms with van der Waals surface area (Å²) in [7, 11) is 0. The average molecular weight is 396 g/mol. The first kappa shape index (κ1) is 25.8. The minimum Gasteiger partial charge on any atom is -0.493 e. The van der Waals surface area contributed by atoms with Gasteiger partial charge in [0.25, 0.3) is 0 Å². The van der Waals surface area contributed by atoms with Crippen LogP contribution in [0.4, 0.5) is 5.69 Å². The van der Waals surface area contributed by atoms with Crippen molar-refractivity contribution in [3.63, 3.8) is 0 Å². The minimum atomic E-state index is 0. The van der Waals surface area contributed by atoms with Crippen LogP contribution in [0, 0.1) is 13.8 Å². The number of benzene rings is 3. The van der Waals surface area contributed by atoms with Crippen molar-refractivity contribution >= 4 is 22.9 Å². The second kappa shape index (κ2) is 15.6. The molecule has 0 radical (unpaired) electrons. The number of anilines is 1. The number of fused-ring (bicyclic) bond motifs is 1. The van der Waals surface area contributed by atoms with Gasteiger partial charge in [0.1, 0.15) is 5.75 Å². The summed E-state index contributed by atoms with van der Waals surface area (Å²) in [6, 6.07) is 22.3. The van der Waals surface area contributed by atoms with E-state index in [0.29, 0.717) is 6.61 Å². The van der Waals surface area contributed by atoms with Gasteiger partial charge in [-0.15, -0.1) is 30.9 Å². The Labute approximate surface area is 192 Å². The first-order valence-corrected chi connectivity index (χ1v) is 9.90. The van der Waals surface area contributed by atoms with Crippen molar-refractivity contribution in [2.24, 2.45) is 0 Å². The third-order valence-corrected chi connectivity index (χ3v) is 4.37. The van der Waals surface area contributed by atoms with E-state index >= 15 is 0 Å². The number of amides is 1. The largest absolute Gasteiger partial charge is 1.00 e. The van der Waals surface area contributed by atoms with Crippen LogP contribution < -0.4 is 34.2 Å². The fraction of sp³-hybridized carbons (Fsp3) is 0.240. The van der Waals surface area contributed by atoms with Gasteiger partial charge in [-0.1, -0.05) is 54.1 Å². The van der Waals surface area contributed by atoms with E-state index in [4.69, 9.17) is 4.74 Å². The number of ether oxygens (including phenoxy) is 1. The zero-order valence-electron chi connectivity index (χ0n) is 17.8. The molecular formula is C25H29LiN2O2-2. The van der Waals surface area contributed by atoms with Gasteiger partial charge in [-0.3, -0.25) is 0 Å². The molecule has 0 aliphatic carbocycles. The molecule has 4 nitrogen and oxygen atoms in total. The van der Waals surface area contributed by atoms with Crippen LogP contribution in [-0.4, -0.2) is 26.1 Å². The molecule has 0 saturated heterocycles. The molecule has 0 bridgehead atoms. The normalized spacial score (nSPS) is 9.80. The Morgan fingerprint density at radius 1 is 0.867 bits per heavy atom. The Bertz CT molecular complexity index is 846. The molecule has 0 unspecified atom stereocenters. The molecule has 2 N–H and O–H groups in total.